The Labute approximate surface area is 114 Å². The summed E-state index contributed by atoms with van der Waals surface area (Å²) in [6.45, 7) is 6.80. The third-order valence-corrected chi connectivity index (χ3v) is 5.05. The van der Waals surface area contributed by atoms with Crippen molar-refractivity contribution < 1.29 is 4.74 Å². The quantitative estimate of drug-likeness (QED) is 0.908. The number of nitrogens with zero attached hydrogens (tertiary/aromatic N) is 1. The fraction of sp³-hybridized carbons (Fsp3) is 0.786. The predicted molar refractivity (Wildman–Crippen MR) is 76.1 cm³/mol. The molecule has 102 valence electrons. The van der Waals surface area contributed by atoms with Crippen LogP contribution in [-0.2, 0) is 11.2 Å². The highest BCUT2D eigenvalue weighted by Gasteiger charge is 2.35. The molecule has 4 heteroatoms. The first-order chi connectivity index (χ1) is 8.50. The van der Waals surface area contributed by atoms with E-state index in [0.29, 0.717) is 11.5 Å². The van der Waals surface area contributed by atoms with E-state index in [9.17, 15) is 0 Å². The lowest BCUT2D eigenvalue weighted by atomic mass is 9.76. The highest BCUT2D eigenvalue weighted by Crippen LogP contribution is 2.44. The van der Waals surface area contributed by atoms with Gasteiger partial charge in [0.15, 0.2) is 0 Å². The average molecular weight is 268 g/mol. The van der Waals surface area contributed by atoms with Crippen LogP contribution in [-0.4, -0.2) is 19.1 Å². The molecule has 2 atom stereocenters. The summed E-state index contributed by atoms with van der Waals surface area (Å²) in [5.41, 5.74) is 1.61. The average Bonchev–Trinajstić information content (AvgIpc) is 2.71. The van der Waals surface area contributed by atoms with Crippen molar-refractivity contribution in [3.05, 3.63) is 15.6 Å². The van der Waals surface area contributed by atoms with Crippen molar-refractivity contribution in [3.63, 3.8) is 0 Å². The summed E-state index contributed by atoms with van der Waals surface area (Å²) in [5, 5.41) is 4.58. The molecule has 3 nitrogen and oxygen atoms in total. The van der Waals surface area contributed by atoms with Crippen LogP contribution in [0.25, 0.3) is 0 Å². The van der Waals surface area contributed by atoms with Crippen LogP contribution in [0.15, 0.2) is 0 Å². The van der Waals surface area contributed by atoms with Crippen LogP contribution < -0.4 is 5.32 Å². The van der Waals surface area contributed by atoms with Gasteiger partial charge in [0.25, 0.3) is 0 Å². The van der Waals surface area contributed by atoms with E-state index < -0.39 is 0 Å². The monoisotopic (exact) mass is 268 g/mol. The molecule has 1 aliphatic carbocycles. The first-order valence-electron chi connectivity index (χ1n) is 6.70. The summed E-state index contributed by atoms with van der Waals surface area (Å²) in [5.74, 6) is 0. The van der Waals surface area contributed by atoms with Crippen molar-refractivity contribution >= 4 is 11.3 Å². The summed E-state index contributed by atoms with van der Waals surface area (Å²) < 4.78 is 5.51. The Kier molecular flexibility index (Phi) is 4.09. The van der Waals surface area contributed by atoms with Crippen LogP contribution in [0, 0.1) is 5.41 Å². The summed E-state index contributed by atoms with van der Waals surface area (Å²) in [6, 6.07) is 0.448. The zero-order valence-corrected chi connectivity index (χ0v) is 12.9. The SMILES string of the molecule is CCC(OC)c1nc2c(s1)C(NC)CC(C)(C)C2. The third-order valence-electron chi connectivity index (χ3n) is 3.74. The highest BCUT2D eigenvalue weighted by atomic mass is 32.1. The molecule has 0 bridgehead atoms. The number of rotatable bonds is 4. The van der Waals surface area contributed by atoms with Gasteiger partial charge in [-0.15, -0.1) is 11.3 Å². The summed E-state index contributed by atoms with van der Waals surface area (Å²) in [4.78, 5) is 6.26. The lowest BCUT2D eigenvalue weighted by molar-refractivity contribution is 0.0995. The van der Waals surface area contributed by atoms with Gasteiger partial charge in [0.1, 0.15) is 11.1 Å². The summed E-state index contributed by atoms with van der Waals surface area (Å²) in [7, 11) is 3.82. The van der Waals surface area contributed by atoms with Gasteiger partial charge in [0.2, 0.25) is 0 Å². The number of hydrogen-bond donors (Lipinski definition) is 1. The number of nitrogens with one attached hydrogen (secondary N) is 1. The number of methoxy groups -OCH3 is 1. The molecule has 1 N–H and O–H groups in total. The van der Waals surface area contributed by atoms with E-state index in [0.717, 1.165) is 17.8 Å². The molecule has 1 heterocycles. The first-order valence-corrected chi connectivity index (χ1v) is 7.52. The smallest absolute Gasteiger partial charge is 0.122 e. The Morgan fingerprint density at radius 3 is 2.83 bits per heavy atom. The maximum atomic E-state index is 5.51. The second kappa shape index (κ2) is 5.27. The Morgan fingerprint density at radius 2 is 2.28 bits per heavy atom. The van der Waals surface area contributed by atoms with Crippen LogP contribution >= 0.6 is 11.3 Å². The van der Waals surface area contributed by atoms with E-state index in [2.05, 4.69) is 26.1 Å². The topological polar surface area (TPSA) is 34.1 Å². The Hall–Kier alpha value is -0.450. The molecular weight excluding hydrogens is 244 g/mol. The van der Waals surface area contributed by atoms with Gasteiger partial charge in [-0.1, -0.05) is 20.8 Å². The number of thiazole rings is 1. The Balaban J connectivity index is 2.34. The molecule has 0 fully saturated rings. The van der Waals surface area contributed by atoms with Crippen LogP contribution in [0.2, 0.25) is 0 Å². The highest BCUT2D eigenvalue weighted by molar-refractivity contribution is 7.11. The molecule has 0 spiro atoms. The zero-order valence-electron chi connectivity index (χ0n) is 12.0. The predicted octanol–water partition coefficient (Wildman–Crippen LogP) is 3.47. The van der Waals surface area contributed by atoms with Crippen LogP contribution in [0.5, 0.6) is 0 Å². The van der Waals surface area contributed by atoms with Crippen molar-refractivity contribution in [1.82, 2.24) is 10.3 Å². The molecule has 1 aromatic rings. The number of ether oxygens (including phenoxy) is 1. The van der Waals surface area contributed by atoms with E-state index in [1.165, 1.54) is 17.0 Å². The van der Waals surface area contributed by atoms with E-state index in [1.807, 2.05) is 18.4 Å². The standard InChI is InChI=1S/C14H24N2OS/c1-6-11(17-5)13-16-10-8-14(2,3)7-9(15-4)12(10)18-13/h9,11,15H,6-8H2,1-5H3. The molecule has 0 aliphatic heterocycles. The lowest BCUT2D eigenvalue weighted by Crippen LogP contribution is -2.30. The van der Waals surface area contributed by atoms with E-state index in [-0.39, 0.29) is 6.10 Å². The van der Waals surface area contributed by atoms with E-state index in [1.54, 1.807) is 7.11 Å². The lowest BCUT2D eigenvalue weighted by Gasteiger charge is -2.34. The fourth-order valence-electron chi connectivity index (χ4n) is 2.77. The molecule has 2 unspecified atom stereocenters. The maximum Gasteiger partial charge on any atom is 0.122 e. The summed E-state index contributed by atoms with van der Waals surface area (Å²) >= 11 is 1.83. The van der Waals surface area contributed by atoms with Crippen LogP contribution in [0.4, 0.5) is 0 Å². The number of aromatic nitrogens is 1. The normalized spacial score (nSPS) is 23.7. The zero-order chi connectivity index (χ0) is 13.3. The number of hydrogen-bond acceptors (Lipinski definition) is 4. The molecule has 0 amide bonds. The molecule has 0 radical (unpaired) electrons. The van der Waals surface area contributed by atoms with Crippen molar-refractivity contribution in [2.45, 2.75) is 52.2 Å². The van der Waals surface area contributed by atoms with E-state index in [4.69, 9.17) is 9.72 Å². The number of fused-ring (bicyclic) bond motifs is 1. The van der Waals surface area contributed by atoms with Crippen molar-refractivity contribution in [2.75, 3.05) is 14.2 Å². The maximum absolute atomic E-state index is 5.51. The van der Waals surface area contributed by atoms with Crippen molar-refractivity contribution in [2.24, 2.45) is 5.41 Å². The molecule has 1 aromatic heterocycles. The molecule has 18 heavy (non-hydrogen) atoms. The van der Waals surface area contributed by atoms with Crippen LogP contribution in [0.1, 0.15) is 61.3 Å². The van der Waals surface area contributed by atoms with Crippen LogP contribution in [0.3, 0.4) is 0 Å². The van der Waals surface area contributed by atoms with Gasteiger partial charge in [-0.2, -0.15) is 0 Å². The fourth-order valence-corrected chi connectivity index (χ4v) is 4.12. The minimum absolute atomic E-state index is 0.154. The molecular formula is C14H24N2OS. The Bertz CT molecular complexity index is 410. The second-order valence-electron chi connectivity index (χ2n) is 5.88. The van der Waals surface area contributed by atoms with Gasteiger partial charge in [0.05, 0.1) is 5.69 Å². The van der Waals surface area contributed by atoms with Gasteiger partial charge in [0, 0.05) is 18.0 Å². The largest absolute Gasteiger partial charge is 0.374 e. The van der Waals surface area contributed by atoms with Gasteiger partial charge < -0.3 is 10.1 Å². The third kappa shape index (κ3) is 2.60. The van der Waals surface area contributed by atoms with Crippen molar-refractivity contribution in [1.29, 1.82) is 0 Å². The molecule has 2 rings (SSSR count). The van der Waals surface area contributed by atoms with Gasteiger partial charge in [-0.05, 0) is 31.7 Å². The van der Waals surface area contributed by atoms with Crippen molar-refractivity contribution in [3.8, 4) is 0 Å². The molecule has 0 aromatic carbocycles. The minimum atomic E-state index is 0.154. The van der Waals surface area contributed by atoms with Gasteiger partial charge in [-0.3, -0.25) is 0 Å². The van der Waals surface area contributed by atoms with Gasteiger partial charge in [-0.25, -0.2) is 4.98 Å². The minimum Gasteiger partial charge on any atom is -0.374 e. The van der Waals surface area contributed by atoms with E-state index >= 15 is 0 Å². The second-order valence-corrected chi connectivity index (χ2v) is 6.94. The molecule has 0 saturated carbocycles. The summed E-state index contributed by atoms with van der Waals surface area (Å²) in [6.07, 6.45) is 3.40. The first kappa shape index (κ1) is 14.0. The molecule has 1 aliphatic rings. The van der Waals surface area contributed by atoms with Gasteiger partial charge >= 0.3 is 0 Å². The Morgan fingerprint density at radius 1 is 1.56 bits per heavy atom. The molecule has 0 saturated heterocycles.